The molecule has 2 unspecified atom stereocenters. The van der Waals surface area contributed by atoms with Crippen molar-refractivity contribution in [3.63, 3.8) is 0 Å². The Morgan fingerprint density at radius 2 is 0.925 bits per heavy atom. The second-order valence-electron chi connectivity index (χ2n) is 28.5. The lowest BCUT2D eigenvalue weighted by molar-refractivity contribution is -0.121. The number of phosphoric ester groups is 2. The van der Waals surface area contributed by atoms with Crippen molar-refractivity contribution in [3.05, 3.63) is 176 Å². The number of fused-ring (bicyclic) bond motifs is 1. The smallest absolute Gasteiger partial charge is 0.481 e. The zero-order valence-corrected chi connectivity index (χ0v) is 67.0. The zero-order chi connectivity index (χ0) is 79.1. The van der Waals surface area contributed by atoms with E-state index in [1.54, 1.807) is 13.0 Å². The van der Waals surface area contributed by atoms with E-state index >= 15 is 0 Å². The van der Waals surface area contributed by atoms with Gasteiger partial charge in [0.25, 0.3) is 0 Å². The Morgan fingerprint density at radius 1 is 0.551 bits per heavy atom. The maximum atomic E-state index is 12.9. The van der Waals surface area contributed by atoms with Crippen molar-refractivity contribution in [2.75, 3.05) is 33.2 Å². The molecule has 0 aromatic carbocycles. The topological polar surface area (TPSA) is 370 Å². The molecule has 2 saturated heterocycles. The van der Waals surface area contributed by atoms with E-state index in [0.29, 0.717) is 17.6 Å². The van der Waals surface area contributed by atoms with Crippen LogP contribution in [0.15, 0.2) is 176 Å². The van der Waals surface area contributed by atoms with Crippen LogP contribution in [0.3, 0.4) is 0 Å². The molecule has 2 fully saturated rings. The van der Waals surface area contributed by atoms with E-state index in [0.717, 1.165) is 103 Å². The number of aliphatic hydroxyl groups excluding tert-OH is 4. The number of primary amides is 1. The van der Waals surface area contributed by atoms with Crippen LogP contribution >= 0.6 is 15.6 Å². The Morgan fingerprint density at radius 3 is 1.32 bits per heavy atom. The molecular weight excluding hydrogens is 1410 g/mol. The minimum atomic E-state index is -5.37. The van der Waals surface area contributed by atoms with E-state index in [2.05, 4.69) is 156 Å². The van der Waals surface area contributed by atoms with Gasteiger partial charge in [0, 0.05) is 29.1 Å². The number of aliphatic hydroxyl groups is 4. The third kappa shape index (κ3) is 30.4. The number of nitrogen functional groups attached to an aromatic ring is 1. The summed E-state index contributed by atoms with van der Waals surface area (Å²) in [5.41, 5.74) is 27.0. The Balaban J connectivity index is 0.000000406. The van der Waals surface area contributed by atoms with Crippen LogP contribution in [0.25, 0.3) is 11.2 Å². The van der Waals surface area contributed by atoms with E-state index in [-0.39, 0.29) is 52.1 Å². The summed E-state index contributed by atoms with van der Waals surface area (Å²) in [7, 11) is -7.95. The first-order chi connectivity index (χ1) is 50.6. The molecule has 1 amide bonds. The fourth-order valence-corrected chi connectivity index (χ4v) is 14.4. The fourth-order valence-electron chi connectivity index (χ4n) is 12.3. The molecule has 0 saturated carbocycles. The first-order valence-electron chi connectivity index (χ1n) is 36.9. The number of methoxy groups -OCH3 is 2. The summed E-state index contributed by atoms with van der Waals surface area (Å²) in [5.74, 6) is -1.23. The Hall–Kier alpha value is -7.06. The molecule has 6 rings (SSSR count). The minimum Gasteiger partial charge on any atom is -0.489 e. The van der Waals surface area contributed by atoms with Crippen LogP contribution < -0.4 is 11.5 Å². The van der Waals surface area contributed by atoms with Crippen LogP contribution in [-0.2, 0) is 55.8 Å². The highest BCUT2D eigenvalue weighted by atomic mass is 31.3. The molecule has 592 valence electrons. The third-order valence-corrected chi connectivity index (χ3v) is 21.6. The summed E-state index contributed by atoms with van der Waals surface area (Å²) < 4.78 is 61.2. The number of carbonyl (C=O) groups excluding carboxylic acids is 3. The normalized spacial score (nSPS) is 23.0. The summed E-state index contributed by atoms with van der Waals surface area (Å²) in [5, 5.41) is 41.6. The molecule has 0 radical (unpaired) electrons. The predicted octanol–water partition coefficient (Wildman–Crippen LogP) is 15.2. The predicted molar refractivity (Wildman–Crippen MR) is 417 cm³/mol. The number of ketones is 2. The number of nitrogens with zero attached hydrogens (tertiary/aromatic N) is 5. The molecule has 1 aliphatic carbocycles. The second kappa shape index (κ2) is 45.2. The summed E-state index contributed by atoms with van der Waals surface area (Å²) >= 11 is 0. The molecule has 4 aliphatic rings. The van der Waals surface area contributed by atoms with Crippen molar-refractivity contribution < 1.29 is 86.0 Å². The minimum absolute atomic E-state index is 0.00667. The lowest BCUT2D eigenvalue weighted by Gasteiger charge is -2.28. The molecule has 2 aromatic heterocycles. The molecule has 107 heavy (non-hydrogen) atoms. The van der Waals surface area contributed by atoms with Gasteiger partial charge < -0.3 is 65.5 Å². The van der Waals surface area contributed by atoms with Gasteiger partial charge in [0.1, 0.15) is 48.5 Å². The Bertz CT molecular complexity index is 3920. The summed E-state index contributed by atoms with van der Waals surface area (Å²) in [4.78, 5) is 70.2. The number of rotatable bonds is 42. The maximum Gasteiger partial charge on any atom is 0.481 e. The number of carbonyl (C=O) groups is 3. The van der Waals surface area contributed by atoms with Crippen molar-refractivity contribution in [3.8, 4) is 0 Å². The third-order valence-electron chi connectivity index (χ3n) is 19.0. The van der Waals surface area contributed by atoms with Crippen LogP contribution in [0, 0.1) is 0 Å². The van der Waals surface area contributed by atoms with E-state index in [4.69, 9.17) is 39.5 Å². The van der Waals surface area contributed by atoms with Crippen molar-refractivity contribution >= 4 is 50.1 Å². The number of hydrogen-bond acceptors (Lipinski definition) is 21. The summed E-state index contributed by atoms with van der Waals surface area (Å²) in [6.45, 7) is 24.5. The van der Waals surface area contributed by atoms with E-state index < -0.39 is 83.8 Å². The van der Waals surface area contributed by atoms with Gasteiger partial charge in [-0.15, -0.1) is 0 Å². The van der Waals surface area contributed by atoms with Gasteiger partial charge in [0.05, 0.1) is 33.8 Å². The molecule has 0 bridgehead atoms. The molecule has 10 N–H and O–H groups in total. The summed E-state index contributed by atoms with van der Waals surface area (Å²) in [6, 6.07) is 0. The maximum absolute atomic E-state index is 12.9. The number of anilines is 1. The van der Waals surface area contributed by atoms with Crippen LogP contribution in [0.4, 0.5) is 5.82 Å². The second-order valence-corrected chi connectivity index (χ2v) is 31.5. The van der Waals surface area contributed by atoms with Gasteiger partial charge in [-0.25, -0.2) is 24.1 Å². The Labute approximate surface area is 632 Å². The molecule has 0 spiro atoms. The first kappa shape index (κ1) is 90.6. The average molecular weight is 1530 g/mol. The molecule has 27 heteroatoms. The summed E-state index contributed by atoms with van der Waals surface area (Å²) in [6.07, 6.45) is 39.4. The van der Waals surface area contributed by atoms with Crippen molar-refractivity contribution in [2.24, 2.45) is 5.73 Å². The number of hydrogen-bond donors (Lipinski definition) is 8. The number of amides is 1. The van der Waals surface area contributed by atoms with Crippen LogP contribution in [0.5, 0.6) is 0 Å². The van der Waals surface area contributed by atoms with Crippen LogP contribution in [0.1, 0.15) is 218 Å². The van der Waals surface area contributed by atoms with Gasteiger partial charge in [-0.3, -0.25) is 28.0 Å². The monoisotopic (exact) mass is 1530 g/mol. The highest BCUT2D eigenvalue weighted by Gasteiger charge is 2.49. The van der Waals surface area contributed by atoms with Crippen LogP contribution in [0.2, 0.25) is 0 Å². The SMILES string of the molecule is COC1=C(OC)C(=O)C(C/C=C(\C)CC/C=C(\C)CC/C=C(\C)CC/C=C(\C)CC/C=C(\C)CC/C=C(\C)CC/C=C(\C)CC/C=C(\C)CC/C=C(\C)CCC=C(C)C)=C(C)C1=O.NC(=O)C1=CN([C@@H]2O[C@H](COP(=O)(O)OP(=O)(O)OC[C@H]3O[C@@H](n4cnc5c(N)ncnc54)[C@H](O)[C@@H]3O)[C@@H](O)[C@H]2O)C=CC1. The molecular formula is C80H119N7O18P2. The number of aromatic nitrogens is 4. The number of nitrogens with two attached hydrogens (primary N) is 2. The molecule has 10 atom stereocenters. The first-order valence-corrected chi connectivity index (χ1v) is 39.9. The molecule has 25 nitrogen and oxygen atoms in total. The number of allylic oxidation sites excluding steroid dienone is 23. The molecule has 2 aromatic rings. The van der Waals surface area contributed by atoms with Gasteiger partial charge in [0.2, 0.25) is 29.0 Å². The van der Waals surface area contributed by atoms with Gasteiger partial charge in [0.15, 0.2) is 23.9 Å². The molecule has 5 heterocycles. The molecule has 3 aliphatic heterocycles. The van der Waals surface area contributed by atoms with Gasteiger partial charge in [-0.1, -0.05) is 123 Å². The fraction of sp³-hybridized carbons (Fsp3) is 0.550. The van der Waals surface area contributed by atoms with E-state index in [1.165, 1.54) is 117 Å². The van der Waals surface area contributed by atoms with Gasteiger partial charge in [-0.2, -0.15) is 4.31 Å². The quantitative estimate of drug-likeness (QED) is 0.0174. The standard InChI is InChI=1S/C59H90O4.C21H29N7O14P2/c1-44(2)24-15-25-45(3)26-16-27-46(4)28-17-29-47(5)30-18-31-48(6)32-19-33-49(7)34-20-35-50(8)36-21-37-51(9)38-22-39-52(10)40-23-41-53(11)42-43-55-54(12)56(60)58(62-13)59(63-14)57(55)61;22-17-12-19(25-7-24-17)28(8-26-12)21-16(32)14(30)11(41-21)6-39-44(36,37)42-43(34,35)38-5-10-13(29)15(31)20(40-10)27-3-1-2-9(4-27)18(23)33/h24,26,28,30,32,34,36,38,40,42H,15-23,25,27,29,31,33,35,37,39,41,43H2,1-14H3;1,3-4,7-8,10-11,13-16,20-21,29-32H,2,5-6H2,(H2,23,33)(H,34,35)(H,36,37)(H2,22,24,25)/b45-26+,46-28+,47-30+,48-32+,49-34+,50-36+,51-38+,52-40+,53-42+;/t;10-,11-,13-,14-,15-,16-,20-,21-/m.1/s1. The van der Waals surface area contributed by atoms with E-state index in [9.17, 15) is 53.7 Å². The van der Waals surface area contributed by atoms with Crippen molar-refractivity contribution in [1.29, 1.82) is 0 Å². The highest BCUT2D eigenvalue weighted by molar-refractivity contribution is 7.61. The number of imidazole rings is 1. The number of phosphoric acid groups is 2. The largest absolute Gasteiger partial charge is 0.489 e. The van der Waals surface area contributed by atoms with Crippen molar-refractivity contribution in [1.82, 2.24) is 24.4 Å². The Kier molecular flexibility index (Phi) is 38.2. The zero-order valence-electron chi connectivity index (χ0n) is 65.2. The highest BCUT2D eigenvalue weighted by Crippen LogP contribution is 2.61. The van der Waals surface area contributed by atoms with E-state index in [1.807, 2.05) is 0 Å². The number of Topliss-reactive ketones (excluding diaryl/α,β-unsaturated/α-hetero) is 2. The lowest BCUT2D eigenvalue weighted by Crippen LogP contribution is -2.40. The van der Waals surface area contributed by atoms with Crippen LogP contribution in [-0.4, -0.2) is 142 Å². The van der Waals surface area contributed by atoms with Crippen molar-refractivity contribution in [2.45, 2.75) is 261 Å². The lowest BCUT2D eigenvalue weighted by atomic mass is 9.90. The van der Waals surface area contributed by atoms with Gasteiger partial charge in [-0.05, 0) is 212 Å². The number of ether oxygens (including phenoxy) is 4. The van der Waals surface area contributed by atoms with Gasteiger partial charge >= 0.3 is 15.6 Å². The average Bonchev–Trinajstić information content (AvgIpc) is 1.67.